The molecule has 0 saturated heterocycles. The predicted octanol–water partition coefficient (Wildman–Crippen LogP) is 6.41. The van der Waals surface area contributed by atoms with Crippen molar-refractivity contribution in [3.63, 3.8) is 0 Å². The molecule has 0 spiro atoms. The highest BCUT2D eigenvalue weighted by Crippen LogP contribution is 2.32. The molecule has 2 aromatic carbocycles. The van der Waals surface area contributed by atoms with E-state index in [4.69, 9.17) is 4.42 Å². The Labute approximate surface area is 195 Å². The maximum atomic E-state index is 12.5. The molecule has 0 atom stereocenters. The highest BCUT2D eigenvalue weighted by molar-refractivity contribution is 9.11. The van der Waals surface area contributed by atoms with Gasteiger partial charge in [-0.15, -0.1) is 11.3 Å². The summed E-state index contributed by atoms with van der Waals surface area (Å²) in [5.74, 6) is 0. The number of fused-ring (bicyclic) bond motifs is 1. The summed E-state index contributed by atoms with van der Waals surface area (Å²) >= 11 is 7.94. The van der Waals surface area contributed by atoms with Gasteiger partial charge in [-0.2, -0.15) is 5.26 Å². The van der Waals surface area contributed by atoms with Gasteiger partial charge in [0.1, 0.15) is 11.1 Å². The quantitative estimate of drug-likeness (QED) is 0.124. The van der Waals surface area contributed by atoms with Crippen molar-refractivity contribution in [2.45, 2.75) is 0 Å². The molecule has 0 saturated carbocycles. The summed E-state index contributed by atoms with van der Waals surface area (Å²) in [5.41, 5.74) is 0.800. The molecule has 2 aromatic heterocycles. The monoisotopic (exact) mass is 557 g/mol. The number of thiazole rings is 1. The van der Waals surface area contributed by atoms with Crippen molar-refractivity contribution in [3.05, 3.63) is 87.9 Å². The maximum Gasteiger partial charge on any atom is 0.345 e. The molecule has 0 aliphatic heterocycles. The van der Waals surface area contributed by atoms with Gasteiger partial charge in [-0.3, -0.25) is 10.1 Å². The summed E-state index contributed by atoms with van der Waals surface area (Å²) in [4.78, 5) is 27.7. The van der Waals surface area contributed by atoms with Gasteiger partial charge < -0.3 is 4.42 Å². The van der Waals surface area contributed by atoms with Gasteiger partial charge >= 0.3 is 5.63 Å². The van der Waals surface area contributed by atoms with Gasteiger partial charge in [-0.05, 0) is 46.3 Å². The highest BCUT2D eigenvalue weighted by Gasteiger charge is 2.17. The van der Waals surface area contributed by atoms with Crippen molar-refractivity contribution in [1.82, 2.24) is 4.98 Å². The summed E-state index contributed by atoms with van der Waals surface area (Å²) in [6.45, 7) is 0. The minimum Gasteiger partial charge on any atom is -0.421 e. The van der Waals surface area contributed by atoms with Crippen molar-refractivity contribution in [3.8, 4) is 17.3 Å². The Kier molecular flexibility index (Phi) is 5.82. The number of aromatic nitrogens is 1. The van der Waals surface area contributed by atoms with E-state index in [0.29, 0.717) is 31.7 Å². The molecule has 0 unspecified atom stereocenters. The van der Waals surface area contributed by atoms with Crippen LogP contribution in [0, 0.1) is 21.4 Å². The third-order valence-electron chi connectivity index (χ3n) is 4.32. The van der Waals surface area contributed by atoms with Gasteiger partial charge in [0.05, 0.1) is 31.8 Å². The van der Waals surface area contributed by atoms with Crippen molar-refractivity contribution in [2.75, 3.05) is 0 Å². The average molecular weight is 559 g/mol. The summed E-state index contributed by atoms with van der Waals surface area (Å²) in [6, 6.07) is 13.4. The summed E-state index contributed by atoms with van der Waals surface area (Å²) in [7, 11) is 0. The van der Waals surface area contributed by atoms with E-state index in [1.54, 1.807) is 35.7 Å². The lowest BCUT2D eigenvalue weighted by atomic mass is 10.1. The highest BCUT2D eigenvalue weighted by atomic mass is 79.9. The molecule has 10 heteroatoms. The Morgan fingerprint density at radius 3 is 2.77 bits per heavy atom. The zero-order valence-corrected chi connectivity index (χ0v) is 19.3. The van der Waals surface area contributed by atoms with E-state index in [0.717, 1.165) is 15.8 Å². The van der Waals surface area contributed by atoms with Gasteiger partial charge in [0.25, 0.3) is 5.69 Å². The van der Waals surface area contributed by atoms with Crippen LogP contribution in [0.1, 0.15) is 10.6 Å². The van der Waals surface area contributed by atoms with Crippen LogP contribution >= 0.6 is 43.2 Å². The zero-order valence-electron chi connectivity index (χ0n) is 15.3. The second-order valence-corrected chi connectivity index (χ2v) is 8.91. The Hall–Kier alpha value is -3.13. The Balaban J connectivity index is 1.79. The largest absolute Gasteiger partial charge is 0.421 e. The van der Waals surface area contributed by atoms with Crippen molar-refractivity contribution in [2.24, 2.45) is 0 Å². The normalized spacial score (nSPS) is 11.5. The number of halogens is 2. The first-order chi connectivity index (χ1) is 14.9. The van der Waals surface area contributed by atoms with E-state index < -0.39 is 10.5 Å². The van der Waals surface area contributed by atoms with Gasteiger partial charge in [0, 0.05) is 21.3 Å². The van der Waals surface area contributed by atoms with Gasteiger partial charge in [0.15, 0.2) is 5.58 Å². The minimum atomic E-state index is -0.562. The predicted molar refractivity (Wildman–Crippen MR) is 126 cm³/mol. The number of nitro groups is 1. The van der Waals surface area contributed by atoms with Crippen LogP contribution in [-0.4, -0.2) is 9.91 Å². The molecule has 7 nitrogen and oxygen atoms in total. The van der Waals surface area contributed by atoms with E-state index >= 15 is 0 Å². The van der Waals surface area contributed by atoms with E-state index in [1.807, 2.05) is 12.1 Å². The second-order valence-electron chi connectivity index (χ2n) is 6.28. The lowest BCUT2D eigenvalue weighted by Gasteiger charge is -2.03. The molecule has 0 amide bonds. The number of hydrogen-bond acceptors (Lipinski definition) is 7. The molecular formula is C21H9Br2N3O4S. The van der Waals surface area contributed by atoms with Crippen LogP contribution in [0.2, 0.25) is 0 Å². The Bertz CT molecular complexity index is 1480. The van der Waals surface area contributed by atoms with Crippen molar-refractivity contribution in [1.29, 1.82) is 5.26 Å². The van der Waals surface area contributed by atoms with Crippen molar-refractivity contribution >= 4 is 71.5 Å². The molecule has 0 radical (unpaired) electrons. The fraction of sp³-hybridized carbons (Fsp3) is 0. The van der Waals surface area contributed by atoms with E-state index in [9.17, 15) is 20.2 Å². The van der Waals surface area contributed by atoms with Crippen LogP contribution in [0.15, 0.2) is 66.0 Å². The maximum absolute atomic E-state index is 12.5. The number of nitrogens with zero attached hydrogens (tertiary/aromatic N) is 3. The summed E-state index contributed by atoms with van der Waals surface area (Å²) < 4.78 is 6.90. The molecule has 0 fully saturated rings. The van der Waals surface area contributed by atoms with Gasteiger partial charge in [-0.25, -0.2) is 9.78 Å². The molecule has 0 bridgehead atoms. The fourth-order valence-corrected chi connectivity index (χ4v) is 5.05. The molecule has 31 heavy (non-hydrogen) atoms. The van der Waals surface area contributed by atoms with Crippen LogP contribution in [0.5, 0.6) is 0 Å². The lowest BCUT2D eigenvalue weighted by Crippen LogP contribution is -2.03. The zero-order chi connectivity index (χ0) is 22.1. The Morgan fingerprint density at radius 1 is 1.26 bits per heavy atom. The number of allylic oxidation sites excluding steroid dienone is 1. The minimum absolute atomic E-state index is 0.113. The molecular weight excluding hydrogens is 550 g/mol. The standard InChI is InChI=1S/C21H9Br2N3O4S/c22-14-6-12-7-15(21(27)30-19(12)16(23)8-14)17-10-31-20(25-17)13(9-24)5-11-3-1-2-4-18(11)26(28)29/h1-8,10H/b13-5+. The van der Waals surface area contributed by atoms with Crippen LogP contribution in [0.4, 0.5) is 5.69 Å². The van der Waals surface area contributed by atoms with Crippen LogP contribution < -0.4 is 5.63 Å². The number of hydrogen-bond donors (Lipinski definition) is 0. The molecule has 4 rings (SSSR count). The topological polar surface area (TPSA) is 110 Å². The molecule has 152 valence electrons. The number of nitro benzene ring substituents is 1. The first-order valence-electron chi connectivity index (χ1n) is 8.62. The third-order valence-corrected chi connectivity index (χ3v) is 6.24. The number of para-hydroxylation sites is 1. The van der Waals surface area contributed by atoms with Crippen LogP contribution in [-0.2, 0) is 0 Å². The number of nitriles is 1. The summed E-state index contributed by atoms with van der Waals surface area (Å²) in [5, 5.41) is 23.5. The molecule has 0 N–H and O–H groups in total. The van der Waals surface area contributed by atoms with Crippen molar-refractivity contribution < 1.29 is 9.34 Å². The van der Waals surface area contributed by atoms with Crippen LogP contribution in [0.3, 0.4) is 0 Å². The number of benzene rings is 2. The van der Waals surface area contributed by atoms with E-state index in [-0.39, 0.29) is 16.8 Å². The fourth-order valence-electron chi connectivity index (χ4n) is 2.93. The second kappa shape index (κ2) is 8.55. The summed E-state index contributed by atoms with van der Waals surface area (Å²) in [6.07, 6.45) is 1.41. The van der Waals surface area contributed by atoms with Gasteiger partial charge in [0.2, 0.25) is 0 Å². The first-order valence-corrected chi connectivity index (χ1v) is 11.1. The molecule has 0 aliphatic carbocycles. The molecule has 4 aromatic rings. The Morgan fingerprint density at radius 2 is 2.03 bits per heavy atom. The SMILES string of the molecule is N#C/C(=C\c1ccccc1[N+](=O)[O-])c1nc(-c2cc3cc(Br)cc(Br)c3oc2=O)cs1. The van der Waals surface area contributed by atoms with E-state index in [1.165, 1.54) is 12.1 Å². The van der Waals surface area contributed by atoms with Gasteiger partial charge in [-0.1, -0.05) is 28.1 Å². The number of rotatable bonds is 4. The third kappa shape index (κ3) is 4.20. The van der Waals surface area contributed by atoms with Crippen LogP contribution in [0.25, 0.3) is 33.9 Å². The molecule has 2 heterocycles. The van der Waals surface area contributed by atoms with E-state index in [2.05, 4.69) is 36.8 Å². The average Bonchev–Trinajstić information content (AvgIpc) is 3.22. The lowest BCUT2D eigenvalue weighted by molar-refractivity contribution is -0.385. The first kappa shape index (κ1) is 21.1. The smallest absolute Gasteiger partial charge is 0.345 e. The molecule has 0 aliphatic rings.